The lowest BCUT2D eigenvalue weighted by Crippen LogP contribution is -2.51. The van der Waals surface area contributed by atoms with Crippen LogP contribution >= 0.6 is 11.6 Å². The van der Waals surface area contributed by atoms with Gasteiger partial charge in [0.2, 0.25) is 0 Å². The lowest BCUT2D eigenvalue weighted by molar-refractivity contribution is -0.148. The van der Waals surface area contributed by atoms with Crippen molar-refractivity contribution in [1.82, 2.24) is 25.1 Å². The number of halogens is 1. The lowest BCUT2D eigenvalue weighted by atomic mass is 9.61. The number of furan rings is 1. The summed E-state index contributed by atoms with van der Waals surface area (Å²) in [5, 5.41) is 21.8. The third-order valence-corrected chi connectivity index (χ3v) is 7.17. The summed E-state index contributed by atoms with van der Waals surface area (Å²) in [5.41, 5.74) is 2.55. The number of aromatic amines is 1. The van der Waals surface area contributed by atoms with Gasteiger partial charge in [0.05, 0.1) is 34.5 Å². The van der Waals surface area contributed by atoms with Crippen molar-refractivity contribution in [2.24, 2.45) is 17.8 Å². The van der Waals surface area contributed by atoms with E-state index >= 15 is 0 Å². The number of hydrogen-bond donors (Lipinski definition) is 3. The number of nitrogens with zero attached hydrogens (tertiary/aromatic N) is 4. The minimum absolute atomic E-state index is 0.176. The van der Waals surface area contributed by atoms with E-state index in [4.69, 9.17) is 26.0 Å². The molecule has 7 rings (SSSR count). The zero-order valence-electron chi connectivity index (χ0n) is 17.5. The van der Waals surface area contributed by atoms with Crippen LogP contribution < -0.4 is 5.32 Å². The number of aromatic nitrogens is 5. The number of rotatable bonds is 5. The van der Waals surface area contributed by atoms with Crippen molar-refractivity contribution in [3.8, 4) is 22.8 Å². The van der Waals surface area contributed by atoms with Gasteiger partial charge in [0.15, 0.2) is 11.5 Å². The van der Waals surface area contributed by atoms with Crippen LogP contribution in [0.4, 0.5) is 5.82 Å². The number of carbonyl (C=O) groups is 1. The Bertz CT molecular complexity index is 1330. The molecule has 10 heteroatoms. The first-order valence-corrected chi connectivity index (χ1v) is 11.4. The highest BCUT2D eigenvalue weighted by Gasteiger charge is 2.47. The van der Waals surface area contributed by atoms with Crippen molar-refractivity contribution in [1.29, 1.82) is 0 Å². The number of pyridine rings is 1. The largest absolute Gasteiger partial charge is 0.481 e. The van der Waals surface area contributed by atoms with E-state index in [1.165, 1.54) is 6.20 Å². The maximum Gasteiger partial charge on any atom is 0.308 e. The molecule has 4 aromatic heterocycles. The number of fused-ring (bicyclic) bond motifs is 4. The zero-order chi connectivity index (χ0) is 22.5. The molecule has 3 N–H and O–H groups in total. The van der Waals surface area contributed by atoms with Gasteiger partial charge >= 0.3 is 5.97 Å². The smallest absolute Gasteiger partial charge is 0.308 e. The van der Waals surface area contributed by atoms with Crippen LogP contribution in [0.25, 0.3) is 33.8 Å². The Balaban J connectivity index is 1.45. The SMILES string of the molecule is O=C(O)C1C2CCC(CC2)C1Nc1cc(-c2ccoc2)nc(-c2[nH]nc3ncc(Cl)cc23)n1. The number of carboxylic acid groups (broad SMARTS) is 1. The van der Waals surface area contributed by atoms with Gasteiger partial charge in [-0.05, 0) is 49.7 Å². The first-order chi connectivity index (χ1) is 16.1. The molecule has 3 aliphatic rings. The number of aliphatic carboxylic acids is 1. The van der Waals surface area contributed by atoms with E-state index in [2.05, 4.69) is 20.5 Å². The molecular weight excluding hydrogens is 444 g/mol. The second kappa shape index (κ2) is 7.84. The van der Waals surface area contributed by atoms with E-state index in [-0.39, 0.29) is 12.0 Å². The van der Waals surface area contributed by atoms with E-state index in [0.29, 0.717) is 45.0 Å². The van der Waals surface area contributed by atoms with Gasteiger partial charge in [-0.1, -0.05) is 11.6 Å². The van der Waals surface area contributed by atoms with Crippen LogP contribution in [0.15, 0.2) is 41.3 Å². The predicted octanol–water partition coefficient (Wildman–Crippen LogP) is 4.63. The Morgan fingerprint density at radius 3 is 2.76 bits per heavy atom. The van der Waals surface area contributed by atoms with Crippen LogP contribution in [0.1, 0.15) is 25.7 Å². The van der Waals surface area contributed by atoms with E-state index < -0.39 is 11.9 Å². The molecular formula is C23H21ClN6O3. The van der Waals surface area contributed by atoms with Crippen molar-refractivity contribution in [3.05, 3.63) is 41.9 Å². The molecule has 4 aromatic rings. The highest BCUT2D eigenvalue weighted by Crippen LogP contribution is 2.46. The van der Waals surface area contributed by atoms with Gasteiger partial charge in [-0.25, -0.2) is 15.0 Å². The average molecular weight is 465 g/mol. The molecule has 3 fully saturated rings. The quantitative estimate of drug-likeness (QED) is 0.389. The van der Waals surface area contributed by atoms with Crippen LogP contribution in [0.3, 0.4) is 0 Å². The summed E-state index contributed by atoms with van der Waals surface area (Å²) in [6, 6.07) is 5.25. The van der Waals surface area contributed by atoms with Crippen LogP contribution in [0, 0.1) is 17.8 Å². The summed E-state index contributed by atoms with van der Waals surface area (Å²) in [5.74, 6) is 0.316. The highest BCUT2D eigenvalue weighted by molar-refractivity contribution is 6.31. The molecule has 0 aromatic carbocycles. The van der Waals surface area contributed by atoms with E-state index in [1.807, 2.05) is 12.1 Å². The fraction of sp³-hybridized carbons (Fsp3) is 0.348. The van der Waals surface area contributed by atoms with Gasteiger partial charge in [0.1, 0.15) is 11.5 Å². The molecule has 0 radical (unpaired) electrons. The number of anilines is 1. The Hall–Kier alpha value is -3.46. The molecule has 33 heavy (non-hydrogen) atoms. The second-order valence-corrected chi connectivity index (χ2v) is 9.24. The van der Waals surface area contributed by atoms with Crippen LogP contribution in [-0.2, 0) is 4.79 Å². The Labute approximate surface area is 193 Å². The molecule has 4 heterocycles. The van der Waals surface area contributed by atoms with Crippen molar-refractivity contribution in [2.75, 3.05) is 5.32 Å². The standard InChI is InChI=1S/C23H21ClN6O3/c24-14-7-15-20(29-30-21(15)25-9-14)22-26-16(13-5-6-33-10-13)8-17(28-22)27-19-12-3-1-11(2-4-12)18(19)23(31)32/h5-12,18-19H,1-4H2,(H,31,32)(H,25,29,30)(H,26,27,28). The molecule has 3 aliphatic carbocycles. The van der Waals surface area contributed by atoms with Gasteiger partial charge < -0.3 is 14.8 Å². The summed E-state index contributed by atoms with van der Waals surface area (Å²) < 4.78 is 5.26. The normalized spacial score (nSPS) is 24.3. The minimum atomic E-state index is -0.744. The third kappa shape index (κ3) is 3.52. The molecule has 2 atom stereocenters. The van der Waals surface area contributed by atoms with Crippen molar-refractivity contribution in [2.45, 2.75) is 31.7 Å². The second-order valence-electron chi connectivity index (χ2n) is 8.81. The predicted molar refractivity (Wildman–Crippen MR) is 122 cm³/mol. The maximum absolute atomic E-state index is 12.1. The monoisotopic (exact) mass is 464 g/mol. The number of H-pyrrole nitrogens is 1. The first-order valence-electron chi connectivity index (χ1n) is 11.0. The van der Waals surface area contributed by atoms with Crippen LogP contribution in [0.5, 0.6) is 0 Å². The molecule has 2 bridgehead atoms. The number of nitrogens with one attached hydrogen (secondary N) is 2. The summed E-state index contributed by atoms with van der Waals surface area (Å²) in [6.45, 7) is 0. The summed E-state index contributed by atoms with van der Waals surface area (Å²) in [7, 11) is 0. The highest BCUT2D eigenvalue weighted by atomic mass is 35.5. The van der Waals surface area contributed by atoms with Gasteiger partial charge in [-0.15, -0.1) is 0 Å². The molecule has 168 valence electrons. The molecule has 0 spiro atoms. The Morgan fingerprint density at radius 2 is 2.00 bits per heavy atom. The fourth-order valence-corrected chi connectivity index (χ4v) is 5.58. The molecule has 2 unspecified atom stereocenters. The topological polar surface area (TPSA) is 130 Å². The fourth-order valence-electron chi connectivity index (χ4n) is 5.42. The summed E-state index contributed by atoms with van der Waals surface area (Å²) >= 11 is 6.16. The average Bonchev–Trinajstić information content (AvgIpc) is 3.49. The van der Waals surface area contributed by atoms with E-state index in [1.54, 1.807) is 18.6 Å². The van der Waals surface area contributed by atoms with Gasteiger partial charge in [0.25, 0.3) is 0 Å². The van der Waals surface area contributed by atoms with Gasteiger partial charge in [-0.2, -0.15) is 5.10 Å². The third-order valence-electron chi connectivity index (χ3n) is 6.96. The Morgan fingerprint density at radius 1 is 1.18 bits per heavy atom. The van der Waals surface area contributed by atoms with Gasteiger partial charge in [0, 0.05) is 23.9 Å². The number of carboxylic acids is 1. The van der Waals surface area contributed by atoms with Crippen molar-refractivity contribution >= 4 is 34.4 Å². The molecule has 0 saturated heterocycles. The molecule has 0 amide bonds. The Kier molecular flexibility index (Phi) is 4.79. The number of hydrogen-bond acceptors (Lipinski definition) is 7. The first kappa shape index (κ1) is 20.2. The summed E-state index contributed by atoms with van der Waals surface area (Å²) in [6.07, 6.45) is 8.75. The van der Waals surface area contributed by atoms with Gasteiger partial charge in [-0.3, -0.25) is 9.89 Å². The summed E-state index contributed by atoms with van der Waals surface area (Å²) in [4.78, 5) is 25.8. The molecule has 0 aliphatic heterocycles. The zero-order valence-corrected chi connectivity index (χ0v) is 18.3. The van der Waals surface area contributed by atoms with Crippen molar-refractivity contribution in [3.63, 3.8) is 0 Å². The maximum atomic E-state index is 12.1. The van der Waals surface area contributed by atoms with E-state index in [9.17, 15) is 9.90 Å². The van der Waals surface area contributed by atoms with Crippen LogP contribution in [0.2, 0.25) is 5.02 Å². The van der Waals surface area contributed by atoms with Crippen molar-refractivity contribution < 1.29 is 14.3 Å². The molecule has 9 nitrogen and oxygen atoms in total. The lowest BCUT2D eigenvalue weighted by Gasteiger charge is -2.47. The van der Waals surface area contributed by atoms with Crippen LogP contribution in [-0.4, -0.2) is 42.3 Å². The minimum Gasteiger partial charge on any atom is -0.481 e. The van der Waals surface area contributed by atoms with E-state index in [0.717, 1.165) is 31.2 Å². The molecule has 3 saturated carbocycles.